The van der Waals surface area contributed by atoms with Crippen LogP contribution < -0.4 is 10.6 Å². The zero-order chi connectivity index (χ0) is 19.2. The van der Waals surface area contributed by atoms with Gasteiger partial charge in [0, 0.05) is 24.9 Å². The molecule has 2 N–H and O–H groups in total. The Balaban J connectivity index is 1.68. The average Bonchev–Trinajstić information content (AvgIpc) is 3.13. The first-order valence-corrected chi connectivity index (χ1v) is 9.31. The van der Waals surface area contributed by atoms with Crippen LogP contribution in [0.2, 0.25) is 5.02 Å². The normalized spacial score (nSPS) is 14.7. The van der Waals surface area contributed by atoms with E-state index in [1.54, 1.807) is 18.2 Å². The monoisotopic (exact) mass is 391 g/mol. The third-order valence-electron chi connectivity index (χ3n) is 4.48. The van der Waals surface area contributed by atoms with Crippen LogP contribution in [0, 0.1) is 0 Å². The third-order valence-corrected chi connectivity index (χ3v) is 4.81. The molecule has 0 saturated heterocycles. The summed E-state index contributed by atoms with van der Waals surface area (Å²) in [5, 5.41) is 9.80. The van der Waals surface area contributed by atoms with Gasteiger partial charge in [0.15, 0.2) is 0 Å². The van der Waals surface area contributed by atoms with Gasteiger partial charge in [-0.1, -0.05) is 36.0 Å². The van der Waals surface area contributed by atoms with Crippen LogP contribution in [0.15, 0.2) is 28.8 Å². The Morgan fingerprint density at radius 1 is 1.22 bits per heavy atom. The van der Waals surface area contributed by atoms with Gasteiger partial charge >= 0.3 is 0 Å². The van der Waals surface area contributed by atoms with E-state index in [9.17, 15) is 9.59 Å². The molecular formula is C19H22ClN3O4. The molecule has 8 heteroatoms. The minimum Gasteiger partial charge on any atom is -0.378 e. The topological polar surface area (TPSA) is 93.5 Å². The smallest absolute Gasteiger partial charge is 0.294 e. The maximum absolute atomic E-state index is 12.6. The van der Waals surface area contributed by atoms with Gasteiger partial charge in [-0.15, -0.1) is 0 Å². The zero-order valence-corrected chi connectivity index (χ0v) is 15.8. The number of nitrogens with one attached hydrogen (secondary N) is 2. The van der Waals surface area contributed by atoms with Crippen LogP contribution in [-0.2, 0) is 11.3 Å². The van der Waals surface area contributed by atoms with Gasteiger partial charge in [-0.25, -0.2) is 0 Å². The summed E-state index contributed by atoms with van der Waals surface area (Å²) in [5.74, 6) is -0.638. The van der Waals surface area contributed by atoms with Gasteiger partial charge in [0.1, 0.15) is 5.69 Å². The molecular weight excluding hydrogens is 370 g/mol. The first kappa shape index (κ1) is 19.4. The molecule has 0 radical (unpaired) electrons. The molecule has 1 heterocycles. The second kappa shape index (κ2) is 9.01. The number of amides is 2. The van der Waals surface area contributed by atoms with Crippen LogP contribution >= 0.6 is 11.6 Å². The summed E-state index contributed by atoms with van der Waals surface area (Å²) in [7, 11) is 1.53. The van der Waals surface area contributed by atoms with Crippen molar-refractivity contribution < 1.29 is 18.8 Å². The average molecular weight is 392 g/mol. The summed E-state index contributed by atoms with van der Waals surface area (Å²) < 4.78 is 9.95. The standard InChI is InChI=1S/C19H22ClN3O4/c1-26-11-14-10-17(27-23-14)19(25)22-13-7-8-16(20)15(9-13)18(24)21-12-5-3-2-4-6-12/h7-10,12H,2-6,11H2,1H3,(H,21,24)(H,22,25). The van der Waals surface area contributed by atoms with Crippen molar-refractivity contribution in [2.45, 2.75) is 44.8 Å². The molecule has 0 aliphatic heterocycles. The lowest BCUT2D eigenvalue weighted by molar-refractivity contribution is 0.0926. The highest BCUT2D eigenvalue weighted by Crippen LogP contribution is 2.23. The lowest BCUT2D eigenvalue weighted by atomic mass is 9.95. The van der Waals surface area contributed by atoms with Gasteiger partial charge in [-0.3, -0.25) is 9.59 Å². The molecule has 3 rings (SSSR count). The summed E-state index contributed by atoms with van der Waals surface area (Å²) >= 11 is 6.18. The second-order valence-corrected chi connectivity index (χ2v) is 6.98. The maximum Gasteiger partial charge on any atom is 0.294 e. The van der Waals surface area contributed by atoms with E-state index in [-0.39, 0.29) is 24.3 Å². The summed E-state index contributed by atoms with van der Waals surface area (Å²) in [6.07, 6.45) is 5.42. The first-order chi connectivity index (χ1) is 13.1. The van der Waals surface area contributed by atoms with E-state index < -0.39 is 5.91 Å². The number of halogens is 1. The highest BCUT2D eigenvalue weighted by molar-refractivity contribution is 6.34. The molecule has 0 bridgehead atoms. The number of rotatable bonds is 6. The van der Waals surface area contributed by atoms with E-state index in [4.69, 9.17) is 20.9 Å². The lowest BCUT2D eigenvalue weighted by Gasteiger charge is -2.23. The lowest BCUT2D eigenvalue weighted by Crippen LogP contribution is -2.36. The van der Waals surface area contributed by atoms with Crippen LogP contribution in [0.5, 0.6) is 0 Å². The van der Waals surface area contributed by atoms with E-state index in [0.29, 0.717) is 22.0 Å². The largest absolute Gasteiger partial charge is 0.378 e. The summed E-state index contributed by atoms with van der Waals surface area (Å²) in [6, 6.07) is 6.46. The van der Waals surface area contributed by atoms with Gasteiger partial charge in [-0.2, -0.15) is 0 Å². The summed E-state index contributed by atoms with van der Waals surface area (Å²) in [4.78, 5) is 24.9. The molecule has 1 aliphatic carbocycles. The molecule has 144 valence electrons. The minimum absolute atomic E-state index is 0.0604. The van der Waals surface area contributed by atoms with Crippen LogP contribution in [-0.4, -0.2) is 30.1 Å². The Labute approximate surface area is 162 Å². The van der Waals surface area contributed by atoms with E-state index >= 15 is 0 Å². The Bertz CT molecular complexity index is 815. The van der Waals surface area contributed by atoms with Crippen molar-refractivity contribution in [2.75, 3.05) is 12.4 Å². The van der Waals surface area contributed by atoms with E-state index in [0.717, 1.165) is 25.7 Å². The molecule has 0 unspecified atom stereocenters. The van der Waals surface area contributed by atoms with Gasteiger partial charge < -0.3 is 19.9 Å². The number of hydrogen-bond acceptors (Lipinski definition) is 5. The van der Waals surface area contributed by atoms with Crippen molar-refractivity contribution in [3.8, 4) is 0 Å². The van der Waals surface area contributed by atoms with Gasteiger partial charge in [0.05, 0.1) is 17.2 Å². The fraction of sp³-hybridized carbons (Fsp3) is 0.421. The third kappa shape index (κ3) is 5.08. The SMILES string of the molecule is COCc1cc(C(=O)Nc2ccc(Cl)c(C(=O)NC3CCCCC3)c2)on1. The number of aromatic nitrogens is 1. The molecule has 1 saturated carbocycles. The Hall–Kier alpha value is -2.38. The van der Waals surface area contributed by atoms with Crippen LogP contribution in [0.1, 0.15) is 58.7 Å². The Morgan fingerprint density at radius 3 is 2.74 bits per heavy atom. The summed E-state index contributed by atoms with van der Waals surface area (Å²) in [5.41, 5.74) is 1.30. The Morgan fingerprint density at radius 2 is 2.00 bits per heavy atom. The van der Waals surface area contributed by atoms with Crippen molar-refractivity contribution >= 4 is 29.1 Å². The summed E-state index contributed by atoms with van der Waals surface area (Å²) in [6.45, 7) is 0.253. The fourth-order valence-corrected chi connectivity index (χ4v) is 3.32. The number of anilines is 1. The number of nitrogens with zero attached hydrogens (tertiary/aromatic N) is 1. The number of carbonyl (C=O) groups is 2. The molecule has 1 aliphatic rings. The van der Waals surface area contributed by atoms with Crippen LogP contribution in [0.4, 0.5) is 5.69 Å². The zero-order valence-electron chi connectivity index (χ0n) is 15.1. The van der Waals surface area contributed by atoms with Crippen molar-refractivity contribution in [2.24, 2.45) is 0 Å². The van der Waals surface area contributed by atoms with E-state index in [2.05, 4.69) is 15.8 Å². The fourth-order valence-electron chi connectivity index (χ4n) is 3.11. The first-order valence-electron chi connectivity index (χ1n) is 8.93. The van der Waals surface area contributed by atoms with Gasteiger partial charge in [0.25, 0.3) is 11.8 Å². The van der Waals surface area contributed by atoms with Gasteiger partial charge in [0.2, 0.25) is 5.76 Å². The number of benzene rings is 1. The predicted molar refractivity (Wildman–Crippen MR) is 101 cm³/mol. The predicted octanol–water partition coefficient (Wildman–Crippen LogP) is 3.79. The highest BCUT2D eigenvalue weighted by atomic mass is 35.5. The molecule has 1 aromatic carbocycles. The molecule has 2 aromatic rings. The Kier molecular flexibility index (Phi) is 6.47. The second-order valence-electron chi connectivity index (χ2n) is 6.57. The highest BCUT2D eigenvalue weighted by Gasteiger charge is 2.19. The van der Waals surface area contributed by atoms with Crippen molar-refractivity contribution in [3.63, 3.8) is 0 Å². The number of hydrogen-bond donors (Lipinski definition) is 2. The molecule has 1 aromatic heterocycles. The van der Waals surface area contributed by atoms with Crippen molar-refractivity contribution in [1.29, 1.82) is 0 Å². The van der Waals surface area contributed by atoms with Gasteiger partial charge in [-0.05, 0) is 31.0 Å². The van der Waals surface area contributed by atoms with Crippen LogP contribution in [0.3, 0.4) is 0 Å². The molecule has 0 atom stereocenters. The minimum atomic E-state index is -0.467. The molecule has 7 nitrogen and oxygen atoms in total. The van der Waals surface area contributed by atoms with E-state index in [1.165, 1.54) is 19.6 Å². The number of ether oxygens (including phenoxy) is 1. The molecule has 2 amide bonds. The van der Waals surface area contributed by atoms with E-state index in [1.807, 2.05) is 0 Å². The van der Waals surface area contributed by atoms with Crippen molar-refractivity contribution in [3.05, 3.63) is 46.3 Å². The van der Waals surface area contributed by atoms with Crippen LogP contribution in [0.25, 0.3) is 0 Å². The molecule has 0 spiro atoms. The molecule has 1 fully saturated rings. The number of carbonyl (C=O) groups excluding carboxylic acids is 2. The molecule has 27 heavy (non-hydrogen) atoms. The maximum atomic E-state index is 12.6. The van der Waals surface area contributed by atoms with Crippen molar-refractivity contribution in [1.82, 2.24) is 10.5 Å². The quantitative estimate of drug-likeness (QED) is 0.781. The number of methoxy groups -OCH3 is 1.